The van der Waals surface area contributed by atoms with E-state index in [0.29, 0.717) is 23.8 Å². The third kappa shape index (κ3) is 5.83. The van der Waals surface area contributed by atoms with Crippen LogP contribution in [0.3, 0.4) is 0 Å². The number of nitrogens with zero attached hydrogens (tertiary/aromatic N) is 4. The Morgan fingerprint density at radius 1 is 1.07 bits per heavy atom. The molecule has 0 atom stereocenters. The van der Waals surface area contributed by atoms with Crippen LogP contribution in [0.15, 0.2) is 61.1 Å². The number of anilines is 2. The lowest BCUT2D eigenvalue weighted by atomic mass is 10.2. The fourth-order valence-corrected chi connectivity index (χ4v) is 2.92. The molecule has 3 aromatic rings. The number of hydrogen-bond donors (Lipinski definition) is 2. The molecule has 7 heteroatoms. The van der Waals surface area contributed by atoms with E-state index in [1.807, 2.05) is 30.3 Å². The summed E-state index contributed by atoms with van der Waals surface area (Å²) < 4.78 is 0. The molecule has 0 aliphatic heterocycles. The van der Waals surface area contributed by atoms with E-state index in [9.17, 15) is 4.79 Å². The normalized spacial score (nSPS) is 10.7. The lowest BCUT2D eigenvalue weighted by molar-refractivity contribution is 0.0949. The van der Waals surface area contributed by atoms with Crippen molar-refractivity contribution in [2.45, 2.75) is 13.8 Å². The Morgan fingerprint density at radius 3 is 2.69 bits per heavy atom. The molecule has 0 aliphatic carbocycles. The number of carbonyl (C=O) groups excluding carboxylic acids is 1. The maximum Gasteiger partial charge on any atom is 0.251 e. The first kappa shape index (κ1) is 20.4. The zero-order chi connectivity index (χ0) is 20.5. The molecule has 0 unspecified atom stereocenters. The Hall–Kier alpha value is -3.32. The van der Waals surface area contributed by atoms with Crippen LogP contribution >= 0.6 is 0 Å². The Labute approximate surface area is 171 Å². The highest BCUT2D eigenvalue weighted by Crippen LogP contribution is 2.19. The molecule has 1 aromatic carbocycles. The molecule has 2 heterocycles. The van der Waals surface area contributed by atoms with Gasteiger partial charge in [-0.25, -0.2) is 9.97 Å². The van der Waals surface area contributed by atoms with Gasteiger partial charge in [0.25, 0.3) is 5.91 Å². The van der Waals surface area contributed by atoms with Gasteiger partial charge in [0.05, 0.1) is 0 Å². The average molecular weight is 390 g/mol. The zero-order valence-corrected chi connectivity index (χ0v) is 16.8. The van der Waals surface area contributed by atoms with E-state index in [2.05, 4.69) is 44.3 Å². The monoisotopic (exact) mass is 390 g/mol. The summed E-state index contributed by atoms with van der Waals surface area (Å²) in [5.41, 5.74) is 2.24. The van der Waals surface area contributed by atoms with Crippen LogP contribution < -0.4 is 10.6 Å². The third-order valence-electron chi connectivity index (χ3n) is 4.58. The van der Waals surface area contributed by atoms with Crippen molar-refractivity contribution >= 4 is 17.4 Å². The predicted octanol–water partition coefficient (Wildman–Crippen LogP) is 3.35. The van der Waals surface area contributed by atoms with Gasteiger partial charge in [0.2, 0.25) is 0 Å². The summed E-state index contributed by atoms with van der Waals surface area (Å²) in [5, 5.41) is 6.22. The molecule has 1 amide bonds. The minimum Gasteiger partial charge on any atom is -0.351 e. The molecule has 7 nitrogen and oxygen atoms in total. The van der Waals surface area contributed by atoms with Crippen molar-refractivity contribution in [3.8, 4) is 11.4 Å². The van der Waals surface area contributed by atoms with Crippen LogP contribution in [0.25, 0.3) is 11.4 Å². The highest BCUT2D eigenvalue weighted by Gasteiger charge is 2.08. The smallest absolute Gasteiger partial charge is 0.251 e. The van der Waals surface area contributed by atoms with Gasteiger partial charge in [-0.1, -0.05) is 19.9 Å². The van der Waals surface area contributed by atoms with Crippen LogP contribution in [0.1, 0.15) is 24.2 Å². The Bertz CT molecular complexity index is 927. The van der Waals surface area contributed by atoms with Crippen molar-refractivity contribution in [1.82, 2.24) is 25.2 Å². The lowest BCUT2D eigenvalue weighted by Gasteiger charge is -2.18. The fourth-order valence-electron chi connectivity index (χ4n) is 2.92. The summed E-state index contributed by atoms with van der Waals surface area (Å²) in [6.07, 6.45) is 5.13. The van der Waals surface area contributed by atoms with Crippen LogP contribution in [-0.2, 0) is 0 Å². The molecule has 150 valence electrons. The molecule has 0 bridgehead atoms. The summed E-state index contributed by atoms with van der Waals surface area (Å²) in [6, 6.07) is 12.9. The topological polar surface area (TPSA) is 83.0 Å². The molecular formula is C22H26N6O. The van der Waals surface area contributed by atoms with Gasteiger partial charge in [0.1, 0.15) is 5.82 Å². The molecule has 0 saturated heterocycles. The standard InChI is InChI=1S/C22H26N6O/c1-3-28(4-2)14-13-25-22(29)17-7-5-9-19(15-17)26-20-10-12-24-21(27-20)18-8-6-11-23-16-18/h5-12,15-16H,3-4,13-14H2,1-2H3,(H,25,29)(H,24,26,27). The SMILES string of the molecule is CCN(CC)CCNC(=O)c1cccc(Nc2ccnc(-c3cccnc3)n2)c1. The predicted molar refractivity (Wildman–Crippen MR) is 115 cm³/mol. The van der Waals surface area contributed by atoms with Crippen LogP contribution in [0.4, 0.5) is 11.5 Å². The van der Waals surface area contributed by atoms with E-state index in [4.69, 9.17) is 0 Å². The van der Waals surface area contributed by atoms with Crippen molar-refractivity contribution in [2.75, 3.05) is 31.5 Å². The van der Waals surface area contributed by atoms with Gasteiger partial charge < -0.3 is 15.5 Å². The van der Waals surface area contributed by atoms with Gasteiger partial charge in [0, 0.05) is 48.5 Å². The van der Waals surface area contributed by atoms with Crippen LogP contribution in [0, 0.1) is 0 Å². The van der Waals surface area contributed by atoms with Crippen LogP contribution in [0.5, 0.6) is 0 Å². The average Bonchev–Trinajstić information content (AvgIpc) is 2.77. The Kier molecular flexibility index (Phi) is 7.24. The third-order valence-corrected chi connectivity index (χ3v) is 4.58. The summed E-state index contributed by atoms with van der Waals surface area (Å²) in [4.78, 5) is 27.7. The molecule has 0 aliphatic rings. The van der Waals surface area contributed by atoms with Gasteiger partial charge in [-0.2, -0.15) is 0 Å². The van der Waals surface area contributed by atoms with Crippen molar-refractivity contribution in [2.24, 2.45) is 0 Å². The molecule has 3 rings (SSSR count). The molecule has 0 fully saturated rings. The van der Waals surface area contributed by atoms with Crippen molar-refractivity contribution in [3.05, 3.63) is 66.6 Å². The van der Waals surface area contributed by atoms with E-state index in [-0.39, 0.29) is 5.91 Å². The van der Waals surface area contributed by atoms with E-state index >= 15 is 0 Å². The maximum absolute atomic E-state index is 12.5. The van der Waals surface area contributed by atoms with Crippen molar-refractivity contribution in [3.63, 3.8) is 0 Å². The van der Waals surface area contributed by atoms with Gasteiger partial charge in [-0.05, 0) is 49.5 Å². The molecular weight excluding hydrogens is 364 g/mol. The fraction of sp³-hybridized carbons (Fsp3) is 0.273. The molecule has 0 spiro atoms. The second-order valence-corrected chi connectivity index (χ2v) is 6.50. The maximum atomic E-state index is 12.5. The highest BCUT2D eigenvalue weighted by molar-refractivity contribution is 5.95. The van der Waals surface area contributed by atoms with E-state index < -0.39 is 0 Å². The van der Waals surface area contributed by atoms with Gasteiger partial charge in [-0.15, -0.1) is 0 Å². The number of benzene rings is 1. The first-order valence-corrected chi connectivity index (χ1v) is 9.80. The molecule has 2 N–H and O–H groups in total. The molecule has 2 aromatic heterocycles. The number of hydrogen-bond acceptors (Lipinski definition) is 6. The minimum atomic E-state index is -0.0838. The summed E-state index contributed by atoms with van der Waals surface area (Å²) in [6.45, 7) is 7.66. The molecule has 0 saturated carbocycles. The Morgan fingerprint density at radius 2 is 1.93 bits per heavy atom. The van der Waals surface area contributed by atoms with Crippen LogP contribution in [0.2, 0.25) is 0 Å². The van der Waals surface area contributed by atoms with E-state index in [0.717, 1.165) is 30.9 Å². The first-order chi connectivity index (χ1) is 14.2. The molecule has 0 radical (unpaired) electrons. The second kappa shape index (κ2) is 10.3. The van der Waals surface area contributed by atoms with Gasteiger partial charge >= 0.3 is 0 Å². The highest BCUT2D eigenvalue weighted by atomic mass is 16.1. The molecule has 29 heavy (non-hydrogen) atoms. The van der Waals surface area contributed by atoms with Gasteiger partial charge in [-0.3, -0.25) is 9.78 Å². The summed E-state index contributed by atoms with van der Waals surface area (Å²) in [5.74, 6) is 1.16. The van der Waals surface area contributed by atoms with E-state index in [1.54, 1.807) is 30.7 Å². The minimum absolute atomic E-state index is 0.0838. The summed E-state index contributed by atoms with van der Waals surface area (Å²) in [7, 11) is 0. The number of nitrogens with one attached hydrogen (secondary N) is 2. The summed E-state index contributed by atoms with van der Waals surface area (Å²) >= 11 is 0. The second-order valence-electron chi connectivity index (χ2n) is 6.50. The number of aromatic nitrogens is 3. The van der Waals surface area contributed by atoms with Crippen LogP contribution in [-0.4, -0.2) is 51.9 Å². The number of pyridine rings is 1. The largest absolute Gasteiger partial charge is 0.351 e. The Balaban J connectivity index is 1.65. The lowest BCUT2D eigenvalue weighted by Crippen LogP contribution is -2.34. The number of likely N-dealkylation sites (N-methyl/N-ethyl adjacent to an activating group) is 1. The van der Waals surface area contributed by atoms with E-state index in [1.165, 1.54) is 0 Å². The van der Waals surface area contributed by atoms with Crippen molar-refractivity contribution in [1.29, 1.82) is 0 Å². The number of amides is 1. The van der Waals surface area contributed by atoms with Gasteiger partial charge in [0.15, 0.2) is 5.82 Å². The number of carbonyl (C=O) groups is 1. The zero-order valence-electron chi connectivity index (χ0n) is 16.8. The number of rotatable bonds is 9. The van der Waals surface area contributed by atoms with Crippen molar-refractivity contribution < 1.29 is 4.79 Å². The quantitative estimate of drug-likeness (QED) is 0.583. The first-order valence-electron chi connectivity index (χ1n) is 9.80.